The number of aromatic nitrogens is 1. The number of hydrogen-bond donors (Lipinski definition) is 1. The lowest BCUT2D eigenvalue weighted by Gasteiger charge is -2.34. The van der Waals surface area contributed by atoms with E-state index in [0.29, 0.717) is 32.3 Å². The lowest BCUT2D eigenvalue weighted by Crippen LogP contribution is -2.39. The van der Waals surface area contributed by atoms with Gasteiger partial charge < -0.3 is 24.0 Å². The first-order valence-electron chi connectivity index (χ1n) is 12.0. The van der Waals surface area contributed by atoms with Gasteiger partial charge in [-0.25, -0.2) is 0 Å². The van der Waals surface area contributed by atoms with E-state index in [1.807, 2.05) is 18.2 Å². The lowest BCUT2D eigenvalue weighted by molar-refractivity contribution is 0.0230. The molecule has 33 heavy (non-hydrogen) atoms. The Morgan fingerprint density at radius 1 is 1.33 bits per heavy atom. The minimum absolute atomic E-state index is 0.276. The van der Waals surface area contributed by atoms with Gasteiger partial charge >= 0.3 is 0 Å². The maximum atomic E-state index is 10.6. The van der Waals surface area contributed by atoms with Gasteiger partial charge in [0.15, 0.2) is 0 Å². The lowest BCUT2D eigenvalue weighted by atomic mass is 10.0. The number of rotatable bonds is 14. The number of piperidine rings is 1. The molecule has 0 aliphatic carbocycles. The van der Waals surface area contributed by atoms with E-state index in [9.17, 15) is 5.11 Å². The van der Waals surface area contributed by atoms with Crippen LogP contribution >= 0.6 is 0 Å². The fourth-order valence-corrected chi connectivity index (χ4v) is 4.42. The van der Waals surface area contributed by atoms with Gasteiger partial charge in [0.1, 0.15) is 5.69 Å². The van der Waals surface area contributed by atoms with Gasteiger partial charge in [0.2, 0.25) is 5.88 Å². The van der Waals surface area contributed by atoms with Crippen molar-refractivity contribution >= 4 is 5.88 Å². The molecule has 1 fully saturated rings. The largest absolute Gasteiger partial charge is 0.389 e. The molecule has 2 heterocycles. The minimum atomic E-state index is -0.593. The fraction of sp³-hybridized carbons (Fsp3) is 0.577. The Balaban J connectivity index is 1.86. The third-order valence-electron chi connectivity index (χ3n) is 6.10. The Labute approximate surface area is 198 Å². The van der Waals surface area contributed by atoms with Crippen LogP contribution in [-0.4, -0.2) is 73.9 Å². The van der Waals surface area contributed by atoms with Crippen LogP contribution in [0.5, 0.6) is 0 Å². The van der Waals surface area contributed by atoms with Crippen molar-refractivity contribution in [2.75, 3.05) is 51.5 Å². The van der Waals surface area contributed by atoms with Crippen LogP contribution in [0.3, 0.4) is 0 Å². The SMILES string of the molecule is C=CCOC[C@@H](O)CN(CCCOC)Cc1c(-c2ccccc2)noc1N1CCCC[C@H]1C. The number of aliphatic hydroxyl groups excluding tert-OH is 1. The van der Waals surface area contributed by atoms with Crippen molar-refractivity contribution in [3.8, 4) is 11.3 Å². The summed E-state index contributed by atoms with van der Waals surface area (Å²) in [6.07, 6.45) is 5.52. The molecular weight excluding hydrogens is 418 g/mol. The Bertz CT molecular complexity index is 826. The summed E-state index contributed by atoms with van der Waals surface area (Å²) in [7, 11) is 1.71. The fourth-order valence-electron chi connectivity index (χ4n) is 4.42. The van der Waals surface area contributed by atoms with E-state index >= 15 is 0 Å². The van der Waals surface area contributed by atoms with Crippen LogP contribution in [0.2, 0.25) is 0 Å². The highest BCUT2D eigenvalue weighted by molar-refractivity contribution is 5.68. The molecule has 2 aromatic rings. The van der Waals surface area contributed by atoms with E-state index in [4.69, 9.17) is 14.0 Å². The standard InChI is InChI=1S/C26H39N3O4/c1-4-16-32-20-23(30)18-28(14-10-17-31-3)19-24-25(22-12-6-5-7-13-22)27-33-26(24)29-15-9-8-11-21(29)2/h4-7,12-13,21,23,30H,1,8-11,14-20H2,2-3H3/t21-,23+/m1/s1. The zero-order valence-electron chi connectivity index (χ0n) is 20.1. The molecule has 1 aromatic carbocycles. The smallest absolute Gasteiger partial charge is 0.232 e. The van der Waals surface area contributed by atoms with Crippen molar-refractivity contribution in [2.24, 2.45) is 0 Å². The molecule has 2 atom stereocenters. The van der Waals surface area contributed by atoms with Gasteiger partial charge in [0.05, 0.1) is 24.9 Å². The average Bonchev–Trinajstić information content (AvgIpc) is 3.23. The molecule has 1 aromatic heterocycles. The zero-order chi connectivity index (χ0) is 23.5. The van der Waals surface area contributed by atoms with Crippen molar-refractivity contribution in [1.82, 2.24) is 10.1 Å². The summed E-state index contributed by atoms with van der Waals surface area (Å²) < 4.78 is 16.7. The summed E-state index contributed by atoms with van der Waals surface area (Å²) in [4.78, 5) is 4.60. The zero-order valence-corrected chi connectivity index (χ0v) is 20.1. The van der Waals surface area contributed by atoms with Crippen LogP contribution < -0.4 is 4.90 Å². The number of nitrogens with zero attached hydrogens (tertiary/aromatic N) is 3. The van der Waals surface area contributed by atoms with E-state index in [0.717, 1.165) is 55.1 Å². The maximum absolute atomic E-state index is 10.6. The molecule has 1 saturated heterocycles. The number of benzene rings is 1. The summed E-state index contributed by atoms with van der Waals surface area (Å²) in [5.41, 5.74) is 2.99. The summed E-state index contributed by atoms with van der Waals surface area (Å²) in [6, 6.07) is 10.6. The second-order valence-corrected chi connectivity index (χ2v) is 8.78. The molecule has 1 N–H and O–H groups in total. The number of methoxy groups -OCH3 is 1. The molecule has 1 aliphatic heterocycles. The molecule has 0 radical (unpaired) electrons. The predicted molar refractivity (Wildman–Crippen MR) is 131 cm³/mol. The van der Waals surface area contributed by atoms with E-state index in [1.165, 1.54) is 6.42 Å². The van der Waals surface area contributed by atoms with Gasteiger partial charge in [0, 0.05) is 51.5 Å². The van der Waals surface area contributed by atoms with Gasteiger partial charge in [-0.3, -0.25) is 4.90 Å². The van der Waals surface area contributed by atoms with Crippen LogP contribution in [0.15, 0.2) is 47.5 Å². The average molecular weight is 458 g/mol. The summed E-state index contributed by atoms with van der Waals surface area (Å²) in [6.45, 7) is 10.2. The first kappa shape index (κ1) is 25.4. The van der Waals surface area contributed by atoms with Gasteiger partial charge in [-0.15, -0.1) is 6.58 Å². The maximum Gasteiger partial charge on any atom is 0.232 e. The molecule has 0 spiro atoms. The van der Waals surface area contributed by atoms with Gasteiger partial charge in [0.25, 0.3) is 0 Å². The number of aliphatic hydroxyl groups is 1. The van der Waals surface area contributed by atoms with Crippen LogP contribution in [0.25, 0.3) is 11.3 Å². The molecule has 182 valence electrons. The molecule has 7 nitrogen and oxygen atoms in total. The number of anilines is 1. The van der Waals surface area contributed by atoms with Crippen LogP contribution in [0, 0.1) is 0 Å². The molecular formula is C26H39N3O4. The molecule has 3 rings (SSSR count). The second-order valence-electron chi connectivity index (χ2n) is 8.78. The minimum Gasteiger partial charge on any atom is -0.389 e. The molecule has 0 saturated carbocycles. The normalized spacial score (nSPS) is 17.5. The van der Waals surface area contributed by atoms with Crippen molar-refractivity contribution in [1.29, 1.82) is 0 Å². The summed E-state index contributed by atoms with van der Waals surface area (Å²) >= 11 is 0. The van der Waals surface area contributed by atoms with Crippen LogP contribution in [0.1, 0.15) is 38.2 Å². The summed E-state index contributed by atoms with van der Waals surface area (Å²) in [5, 5.41) is 15.1. The third-order valence-corrected chi connectivity index (χ3v) is 6.10. The van der Waals surface area contributed by atoms with Gasteiger partial charge in [-0.1, -0.05) is 41.6 Å². The highest BCUT2D eigenvalue weighted by Gasteiger charge is 2.29. The Morgan fingerprint density at radius 3 is 2.88 bits per heavy atom. The monoisotopic (exact) mass is 457 g/mol. The van der Waals surface area contributed by atoms with Gasteiger partial charge in [-0.2, -0.15) is 0 Å². The molecule has 0 bridgehead atoms. The number of hydrogen-bond acceptors (Lipinski definition) is 7. The Kier molecular flexibility index (Phi) is 10.4. The van der Waals surface area contributed by atoms with Crippen molar-refractivity contribution in [2.45, 2.75) is 51.3 Å². The molecule has 0 amide bonds. The first-order valence-corrected chi connectivity index (χ1v) is 12.0. The van der Waals surface area contributed by atoms with E-state index < -0.39 is 6.10 Å². The van der Waals surface area contributed by atoms with E-state index in [1.54, 1.807) is 13.2 Å². The molecule has 1 aliphatic rings. The Morgan fingerprint density at radius 2 is 2.15 bits per heavy atom. The van der Waals surface area contributed by atoms with E-state index in [-0.39, 0.29) is 6.61 Å². The Hall–Kier alpha value is -2.19. The quantitative estimate of drug-likeness (QED) is 0.338. The number of ether oxygens (including phenoxy) is 2. The third kappa shape index (κ3) is 7.40. The van der Waals surface area contributed by atoms with Crippen molar-refractivity contribution < 1.29 is 19.1 Å². The van der Waals surface area contributed by atoms with Crippen molar-refractivity contribution in [3.63, 3.8) is 0 Å². The predicted octanol–water partition coefficient (Wildman–Crippen LogP) is 4.12. The van der Waals surface area contributed by atoms with Crippen LogP contribution in [-0.2, 0) is 16.0 Å². The first-order chi connectivity index (χ1) is 16.1. The van der Waals surface area contributed by atoms with E-state index in [2.05, 4.69) is 40.6 Å². The molecule has 0 unspecified atom stereocenters. The van der Waals surface area contributed by atoms with Crippen LogP contribution in [0.4, 0.5) is 5.88 Å². The highest BCUT2D eigenvalue weighted by atomic mass is 16.5. The summed E-state index contributed by atoms with van der Waals surface area (Å²) in [5.74, 6) is 0.857. The van der Waals surface area contributed by atoms with Gasteiger partial charge in [-0.05, 0) is 32.6 Å². The highest BCUT2D eigenvalue weighted by Crippen LogP contribution is 2.35. The second kappa shape index (κ2) is 13.5. The molecule has 7 heteroatoms. The topological polar surface area (TPSA) is 71.2 Å². The van der Waals surface area contributed by atoms with Crippen molar-refractivity contribution in [3.05, 3.63) is 48.6 Å².